The van der Waals surface area contributed by atoms with Crippen molar-refractivity contribution in [1.29, 1.82) is 0 Å². The van der Waals surface area contributed by atoms with Crippen LogP contribution in [-0.4, -0.2) is 20.0 Å². The molecule has 0 bridgehead atoms. The van der Waals surface area contributed by atoms with Crippen molar-refractivity contribution in [3.63, 3.8) is 0 Å². The van der Waals surface area contributed by atoms with Gasteiger partial charge in [0.15, 0.2) is 5.78 Å². The first-order valence-corrected chi connectivity index (χ1v) is 6.54. The molecule has 0 radical (unpaired) electrons. The van der Waals surface area contributed by atoms with Gasteiger partial charge < -0.3 is 9.47 Å². The van der Waals surface area contributed by atoms with E-state index in [1.165, 1.54) is 20.3 Å². The molecule has 0 fully saturated rings. The summed E-state index contributed by atoms with van der Waals surface area (Å²) >= 11 is 11.8. The molecule has 0 aromatic heterocycles. The number of halogens is 2. The quantitative estimate of drug-likeness (QED) is 0.792. The third kappa shape index (κ3) is 2.89. The van der Waals surface area contributed by atoms with Crippen LogP contribution in [-0.2, 0) is 0 Å². The monoisotopic (exact) mass is 310 g/mol. The number of hydrogen-bond donors (Lipinski definition) is 0. The Morgan fingerprint density at radius 2 is 1.70 bits per heavy atom. The summed E-state index contributed by atoms with van der Waals surface area (Å²) in [6.45, 7) is 0. The van der Waals surface area contributed by atoms with Crippen LogP contribution in [0.5, 0.6) is 11.5 Å². The van der Waals surface area contributed by atoms with Gasteiger partial charge in [-0.05, 0) is 36.4 Å². The number of hydrogen-bond acceptors (Lipinski definition) is 3. The molecule has 0 N–H and O–H groups in total. The molecule has 0 amide bonds. The van der Waals surface area contributed by atoms with E-state index in [1.807, 2.05) is 0 Å². The van der Waals surface area contributed by atoms with Crippen LogP contribution in [0.15, 0.2) is 36.4 Å². The van der Waals surface area contributed by atoms with Crippen LogP contribution in [0.25, 0.3) is 0 Å². The van der Waals surface area contributed by atoms with Crippen LogP contribution in [0, 0.1) is 0 Å². The molecule has 0 aliphatic heterocycles. The van der Waals surface area contributed by atoms with Gasteiger partial charge in [0, 0.05) is 5.56 Å². The maximum Gasteiger partial charge on any atom is 0.196 e. The fraction of sp³-hybridized carbons (Fsp3) is 0.133. The van der Waals surface area contributed by atoms with E-state index in [4.69, 9.17) is 32.7 Å². The second-order valence-electron chi connectivity index (χ2n) is 4.02. The molecular weight excluding hydrogens is 299 g/mol. The molecule has 0 unspecified atom stereocenters. The smallest absolute Gasteiger partial charge is 0.196 e. The van der Waals surface area contributed by atoms with Gasteiger partial charge >= 0.3 is 0 Å². The summed E-state index contributed by atoms with van der Waals surface area (Å²) in [6.07, 6.45) is 0. The zero-order valence-corrected chi connectivity index (χ0v) is 12.5. The summed E-state index contributed by atoms with van der Waals surface area (Å²) < 4.78 is 10.3. The molecule has 2 aromatic carbocycles. The van der Waals surface area contributed by atoms with Gasteiger partial charge in [0.1, 0.15) is 11.5 Å². The van der Waals surface area contributed by atoms with Crippen molar-refractivity contribution in [2.45, 2.75) is 0 Å². The molecule has 0 aliphatic rings. The van der Waals surface area contributed by atoms with Crippen molar-refractivity contribution < 1.29 is 14.3 Å². The van der Waals surface area contributed by atoms with Gasteiger partial charge in [-0.2, -0.15) is 0 Å². The maximum absolute atomic E-state index is 12.5. The Balaban J connectivity index is 2.48. The highest BCUT2D eigenvalue weighted by molar-refractivity contribution is 6.42. The maximum atomic E-state index is 12.5. The van der Waals surface area contributed by atoms with E-state index in [0.29, 0.717) is 32.7 Å². The molecule has 0 aliphatic carbocycles. The predicted octanol–water partition coefficient (Wildman–Crippen LogP) is 4.24. The number of carbonyl (C=O) groups excluding carboxylic acids is 1. The lowest BCUT2D eigenvalue weighted by Crippen LogP contribution is -2.04. The summed E-state index contributed by atoms with van der Waals surface area (Å²) in [5.41, 5.74) is 0.844. The lowest BCUT2D eigenvalue weighted by Gasteiger charge is -2.10. The van der Waals surface area contributed by atoms with Crippen LogP contribution >= 0.6 is 23.2 Å². The van der Waals surface area contributed by atoms with Crippen LogP contribution < -0.4 is 9.47 Å². The normalized spacial score (nSPS) is 10.2. The summed E-state index contributed by atoms with van der Waals surface area (Å²) in [7, 11) is 3.04. The first-order chi connectivity index (χ1) is 9.56. The number of methoxy groups -OCH3 is 2. The molecule has 20 heavy (non-hydrogen) atoms. The van der Waals surface area contributed by atoms with Gasteiger partial charge in [-0.1, -0.05) is 23.2 Å². The minimum Gasteiger partial charge on any atom is -0.497 e. The first-order valence-electron chi connectivity index (χ1n) is 5.78. The Kier molecular flexibility index (Phi) is 4.53. The SMILES string of the molecule is COc1ccc(OC)c(C(=O)c2ccc(Cl)c(Cl)c2)c1. The van der Waals surface area contributed by atoms with Crippen molar-refractivity contribution >= 4 is 29.0 Å². The Bertz CT molecular complexity index is 654. The third-order valence-electron chi connectivity index (χ3n) is 2.83. The van der Waals surface area contributed by atoms with Gasteiger partial charge in [-0.25, -0.2) is 0 Å². The minimum absolute atomic E-state index is 0.209. The predicted molar refractivity (Wildman–Crippen MR) is 79.4 cm³/mol. The summed E-state index contributed by atoms with van der Waals surface area (Å²) in [4.78, 5) is 12.5. The van der Waals surface area contributed by atoms with E-state index in [1.54, 1.807) is 30.3 Å². The summed E-state index contributed by atoms with van der Waals surface area (Å²) in [5.74, 6) is 0.843. The summed E-state index contributed by atoms with van der Waals surface area (Å²) in [6, 6.07) is 9.78. The van der Waals surface area contributed by atoms with E-state index in [0.717, 1.165) is 0 Å². The standard InChI is InChI=1S/C15H12Cl2O3/c1-19-10-4-6-14(20-2)11(8-10)15(18)9-3-5-12(16)13(17)7-9/h3-8H,1-2H3. The molecule has 5 heteroatoms. The summed E-state index contributed by atoms with van der Waals surface area (Å²) in [5, 5.41) is 0.736. The van der Waals surface area contributed by atoms with Gasteiger partial charge in [0.05, 0.1) is 29.8 Å². The fourth-order valence-electron chi connectivity index (χ4n) is 1.78. The molecule has 0 saturated heterocycles. The lowest BCUT2D eigenvalue weighted by molar-refractivity contribution is 0.103. The van der Waals surface area contributed by atoms with Gasteiger partial charge in [-0.15, -0.1) is 0 Å². The van der Waals surface area contributed by atoms with E-state index in [9.17, 15) is 4.79 Å². The van der Waals surface area contributed by atoms with Crippen LogP contribution in [0.1, 0.15) is 15.9 Å². The highest BCUT2D eigenvalue weighted by Gasteiger charge is 2.16. The molecule has 0 saturated carbocycles. The fourth-order valence-corrected chi connectivity index (χ4v) is 2.08. The number of rotatable bonds is 4. The van der Waals surface area contributed by atoms with E-state index >= 15 is 0 Å². The van der Waals surface area contributed by atoms with Gasteiger partial charge in [0.25, 0.3) is 0 Å². The Hall–Kier alpha value is -1.71. The number of ketones is 1. The van der Waals surface area contributed by atoms with E-state index < -0.39 is 0 Å². The van der Waals surface area contributed by atoms with Gasteiger partial charge in [-0.3, -0.25) is 4.79 Å². The average Bonchev–Trinajstić information content (AvgIpc) is 2.48. The molecule has 0 atom stereocenters. The zero-order valence-electron chi connectivity index (χ0n) is 10.9. The Morgan fingerprint density at radius 1 is 0.950 bits per heavy atom. The van der Waals surface area contributed by atoms with Crippen LogP contribution in [0.4, 0.5) is 0 Å². The number of benzene rings is 2. The van der Waals surface area contributed by atoms with Crippen molar-refractivity contribution in [3.8, 4) is 11.5 Å². The Morgan fingerprint density at radius 3 is 2.30 bits per heavy atom. The lowest BCUT2D eigenvalue weighted by atomic mass is 10.0. The zero-order chi connectivity index (χ0) is 14.7. The highest BCUT2D eigenvalue weighted by Crippen LogP contribution is 2.29. The van der Waals surface area contributed by atoms with E-state index in [-0.39, 0.29) is 5.78 Å². The number of carbonyl (C=O) groups is 1. The first kappa shape index (κ1) is 14.7. The van der Waals surface area contributed by atoms with Crippen molar-refractivity contribution in [2.75, 3.05) is 14.2 Å². The molecule has 3 nitrogen and oxygen atoms in total. The van der Waals surface area contributed by atoms with Gasteiger partial charge in [0.2, 0.25) is 0 Å². The average molecular weight is 311 g/mol. The van der Waals surface area contributed by atoms with Crippen molar-refractivity contribution in [1.82, 2.24) is 0 Å². The molecule has 2 aromatic rings. The van der Waals surface area contributed by atoms with Crippen LogP contribution in [0.3, 0.4) is 0 Å². The molecule has 2 rings (SSSR count). The third-order valence-corrected chi connectivity index (χ3v) is 3.57. The largest absolute Gasteiger partial charge is 0.497 e. The molecule has 0 spiro atoms. The highest BCUT2D eigenvalue weighted by atomic mass is 35.5. The molecule has 104 valence electrons. The second kappa shape index (κ2) is 6.16. The van der Waals surface area contributed by atoms with Crippen molar-refractivity contribution in [3.05, 3.63) is 57.6 Å². The minimum atomic E-state index is -0.209. The topological polar surface area (TPSA) is 35.5 Å². The Labute approximate surface area is 127 Å². The van der Waals surface area contributed by atoms with Crippen molar-refractivity contribution in [2.24, 2.45) is 0 Å². The van der Waals surface area contributed by atoms with E-state index in [2.05, 4.69) is 0 Å². The second-order valence-corrected chi connectivity index (χ2v) is 4.84. The van der Waals surface area contributed by atoms with Crippen LogP contribution in [0.2, 0.25) is 10.0 Å². The molecule has 0 heterocycles. The molecular formula is C15H12Cl2O3. The number of ether oxygens (including phenoxy) is 2.